The molecule has 0 aromatic carbocycles. The molecule has 0 spiro atoms. The van der Waals surface area contributed by atoms with Crippen LogP contribution in [0.4, 0.5) is 0 Å². The summed E-state index contributed by atoms with van der Waals surface area (Å²) >= 11 is 0. The van der Waals surface area contributed by atoms with E-state index in [1.165, 1.54) is 12.8 Å². The van der Waals surface area contributed by atoms with Crippen molar-refractivity contribution < 1.29 is 0 Å². The zero-order chi connectivity index (χ0) is 7.52. The van der Waals surface area contributed by atoms with Crippen molar-refractivity contribution in [3.8, 4) is 0 Å². The lowest BCUT2D eigenvalue weighted by Crippen LogP contribution is -2.15. The fraction of sp³-hybridized carbons (Fsp3) is 0.500. The Labute approximate surface area is 78.0 Å². The lowest BCUT2D eigenvalue weighted by molar-refractivity contribution is 0.604. The van der Waals surface area contributed by atoms with E-state index in [2.05, 4.69) is 15.3 Å². The van der Waals surface area contributed by atoms with Crippen LogP contribution in [0.1, 0.15) is 24.7 Å². The largest absolute Gasteiger partial charge is 0.307 e. The molecule has 3 nitrogen and oxygen atoms in total. The molecule has 2 heterocycles. The summed E-state index contributed by atoms with van der Waals surface area (Å²) in [6.07, 6.45) is 6.00. The fourth-order valence-corrected chi connectivity index (χ4v) is 1.40. The van der Waals surface area contributed by atoms with Gasteiger partial charge in [0, 0.05) is 12.4 Å². The van der Waals surface area contributed by atoms with Gasteiger partial charge in [0.2, 0.25) is 0 Å². The fourth-order valence-electron chi connectivity index (χ4n) is 1.40. The van der Waals surface area contributed by atoms with Gasteiger partial charge in [-0.1, -0.05) is 0 Å². The minimum Gasteiger partial charge on any atom is -0.307 e. The monoisotopic (exact) mass is 185 g/mol. The molecule has 1 unspecified atom stereocenters. The highest BCUT2D eigenvalue weighted by Gasteiger charge is 2.17. The second-order valence-corrected chi connectivity index (χ2v) is 2.76. The number of rotatable bonds is 1. The van der Waals surface area contributed by atoms with Crippen LogP contribution in [0, 0.1) is 0 Å². The molecule has 1 aliphatic heterocycles. The zero-order valence-corrected chi connectivity index (χ0v) is 7.55. The lowest BCUT2D eigenvalue weighted by atomic mass is 10.2. The summed E-state index contributed by atoms with van der Waals surface area (Å²) in [6, 6.07) is 2.24. The summed E-state index contributed by atoms with van der Waals surface area (Å²) in [5.41, 5.74) is 0. The first-order valence-corrected chi connectivity index (χ1v) is 3.97. The standard InChI is InChI=1S/C8H11N3.ClH/c1-3-7(9-4-1)8-10-5-2-6-11-8;/h2,5-7,9H,1,3-4H2;1H. The Balaban J connectivity index is 0.000000720. The van der Waals surface area contributed by atoms with Crippen molar-refractivity contribution in [1.29, 1.82) is 0 Å². The van der Waals surface area contributed by atoms with Crippen molar-refractivity contribution in [2.24, 2.45) is 0 Å². The van der Waals surface area contributed by atoms with E-state index in [-0.39, 0.29) is 12.4 Å². The Kier molecular flexibility index (Phi) is 3.44. The predicted molar refractivity (Wildman–Crippen MR) is 49.3 cm³/mol. The Morgan fingerprint density at radius 2 is 2.08 bits per heavy atom. The van der Waals surface area contributed by atoms with E-state index >= 15 is 0 Å². The summed E-state index contributed by atoms with van der Waals surface area (Å²) in [6.45, 7) is 1.10. The average Bonchev–Trinajstić information content (AvgIpc) is 2.58. The minimum absolute atomic E-state index is 0. The van der Waals surface area contributed by atoms with Gasteiger partial charge in [0.25, 0.3) is 0 Å². The summed E-state index contributed by atoms with van der Waals surface area (Å²) in [5.74, 6) is 0.935. The molecule has 1 aliphatic rings. The summed E-state index contributed by atoms with van der Waals surface area (Å²) < 4.78 is 0. The van der Waals surface area contributed by atoms with Crippen molar-refractivity contribution in [2.75, 3.05) is 6.54 Å². The third-order valence-corrected chi connectivity index (χ3v) is 1.96. The van der Waals surface area contributed by atoms with Crippen LogP contribution in [0.5, 0.6) is 0 Å². The van der Waals surface area contributed by atoms with E-state index in [9.17, 15) is 0 Å². The second kappa shape index (κ2) is 4.38. The van der Waals surface area contributed by atoms with Gasteiger partial charge < -0.3 is 5.32 Å². The molecule has 4 heteroatoms. The summed E-state index contributed by atoms with van der Waals surface area (Å²) in [4.78, 5) is 8.37. The van der Waals surface area contributed by atoms with Crippen LogP contribution >= 0.6 is 12.4 Å². The van der Waals surface area contributed by atoms with E-state index < -0.39 is 0 Å². The van der Waals surface area contributed by atoms with Crippen LogP contribution < -0.4 is 5.32 Å². The van der Waals surface area contributed by atoms with Gasteiger partial charge in [0.15, 0.2) is 0 Å². The highest BCUT2D eigenvalue weighted by molar-refractivity contribution is 5.85. The molecule has 2 rings (SSSR count). The molecule has 0 amide bonds. The molecule has 1 N–H and O–H groups in total. The maximum atomic E-state index is 4.19. The van der Waals surface area contributed by atoms with Gasteiger partial charge in [0.1, 0.15) is 5.82 Å². The third kappa shape index (κ3) is 1.93. The molecule has 0 saturated carbocycles. The second-order valence-electron chi connectivity index (χ2n) is 2.76. The topological polar surface area (TPSA) is 37.8 Å². The Hall–Kier alpha value is -0.670. The number of hydrogen-bond donors (Lipinski definition) is 1. The van der Waals surface area contributed by atoms with Gasteiger partial charge in [-0.25, -0.2) is 9.97 Å². The van der Waals surface area contributed by atoms with Crippen molar-refractivity contribution in [2.45, 2.75) is 18.9 Å². The van der Waals surface area contributed by atoms with E-state index in [0.717, 1.165) is 12.4 Å². The molecule has 0 aliphatic carbocycles. The molecule has 1 fully saturated rings. The highest BCUT2D eigenvalue weighted by Crippen LogP contribution is 2.18. The molecule has 1 atom stereocenters. The minimum atomic E-state index is 0. The Bertz CT molecular complexity index is 221. The first kappa shape index (κ1) is 9.42. The van der Waals surface area contributed by atoms with Crippen LogP contribution in [-0.4, -0.2) is 16.5 Å². The maximum Gasteiger partial charge on any atom is 0.145 e. The molecule has 0 bridgehead atoms. The summed E-state index contributed by atoms with van der Waals surface area (Å²) in [7, 11) is 0. The van der Waals surface area contributed by atoms with Crippen LogP contribution in [0.15, 0.2) is 18.5 Å². The van der Waals surface area contributed by atoms with Gasteiger partial charge in [-0.2, -0.15) is 0 Å². The molecule has 0 radical (unpaired) electrons. The molecule has 1 aromatic heterocycles. The van der Waals surface area contributed by atoms with Gasteiger partial charge in [-0.05, 0) is 25.5 Å². The highest BCUT2D eigenvalue weighted by atomic mass is 35.5. The average molecular weight is 186 g/mol. The number of nitrogens with zero attached hydrogens (tertiary/aromatic N) is 2. The molecule has 1 saturated heterocycles. The Morgan fingerprint density at radius 3 is 2.67 bits per heavy atom. The van der Waals surface area contributed by atoms with Gasteiger partial charge in [-0.15, -0.1) is 12.4 Å². The lowest BCUT2D eigenvalue weighted by Gasteiger charge is -2.06. The summed E-state index contributed by atoms with van der Waals surface area (Å²) in [5, 5.41) is 3.35. The SMILES string of the molecule is Cl.c1cnc(C2CCCN2)nc1. The smallest absolute Gasteiger partial charge is 0.145 e. The molecule has 1 aromatic rings. The maximum absolute atomic E-state index is 4.19. The van der Waals surface area contributed by atoms with Gasteiger partial charge in [-0.3, -0.25) is 0 Å². The number of aromatic nitrogens is 2. The van der Waals surface area contributed by atoms with Crippen LogP contribution in [-0.2, 0) is 0 Å². The van der Waals surface area contributed by atoms with E-state index in [4.69, 9.17) is 0 Å². The predicted octanol–water partition coefficient (Wildman–Crippen LogP) is 1.32. The molecule has 12 heavy (non-hydrogen) atoms. The third-order valence-electron chi connectivity index (χ3n) is 1.96. The van der Waals surface area contributed by atoms with Crippen LogP contribution in [0.2, 0.25) is 0 Å². The first-order chi connectivity index (χ1) is 5.47. The zero-order valence-electron chi connectivity index (χ0n) is 6.73. The van der Waals surface area contributed by atoms with Crippen molar-refractivity contribution in [3.05, 3.63) is 24.3 Å². The molecular formula is C8H12ClN3. The Morgan fingerprint density at radius 1 is 1.33 bits per heavy atom. The molecular weight excluding hydrogens is 174 g/mol. The van der Waals surface area contributed by atoms with Gasteiger partial charge >= 0.3 is 0 Å². The van der Waals surface area contributed by atoms with Crippen LogP contribution in [0.25, 0.3) is 0 Å². The molecule has 66 valence electrons. The number of hydrogen-bond acceptors (Lipinski definition) is 3. The van der Waals surface area contributed by atoms with E-state index in [1.807, 2.05) is 6.07 Å². The van der Waals surface area contributed by atoms with Crippen molar-refractivity contribution in [1.82, 2.24) is 15.3 Å². The number of halogens is 1. The number of nitrogens with one attached hydrogen (secondary N) is 1. The van der Waals surface area contributed by atoms with E-state index in [0.29, 0.717) is 6.04 Å². The first-order valence-electron chi connectivity index (χ1n) is 3.97. The van der Waals surface area contributed by atoms with Crippen molar-refractivity contribution in [3.63, 3.8) is 0 Å². The normalized spacial score (nSPS) is 21.8. The van der Waals surface area contributed by atoms with Crippen LogP contribution in [0.3, 0.4) is 0 Å². The van der Waals surface area contributed by atoms with Gasteiger partial charge in [0.05, 0.1) is 6.04 Å². The van der Waals surface area contributed by atoms with E-state index in [1.54, 1.807) is 12.4 Å². The van der Waals surface area contributed by atoms with Crippen molar-refractivity contribution >= 4 is 12.4 Å². The quantitative estimate of drug-likeness (QED) is 0.717.